The van der Waals surface area contributed by atoms with Crippen molar-refractivity contribution >= 4 is 5.91 Å². The van der Waals surface area contributed by atoms with E-state index in [9.17, 15) is 4.79 Å². The normalized spacial score (nSPS) is 31.1. The van der Waals surface area contributed by atoms with Crippen molar-refractivity contribution in [1.29, 1.82) is 0 Å². The summed E-state index contributed by atoms with van der Waals surface area (Å²) in [5.74, 6) is 1.41. The zero-order valence-electron chi connectivity index (χ0n) is 13.8. The Kier molecular flexibility index (Phi) is 4.11. The predicted molar refractivity (Wildman–Crippen MR) is 85.6 cm³/mol. The average Bonchev–Trinajstić information content (AvgIpc) is 3.10. The number of ether oxygens (including phenoxy) is 1. The zero-order valence-corrected chi connectivity index (χ0v) is 13.8. The Morgan fingerprint density at radius 3 is 3.00 bits per heavy atom. The van der Waals surface area contributed by atoms with Crippen molar-refractivity contribution in [2.45, 2.75) is 31.9 Å². The fourth-order valence-electron chi connectivity index (χ4n) is 3.97. The van der Waals surface area contributed by atoms with E-state index >= 15 is 0 Å². The van der Waals surface area contributed by atoms with Crippen LogP contribution in [-0.2, 0) is 23.1 Å². The molecule has 4 rings (SSSR count). The van der Waals surface area contributed by atoms with Gasteiger partial charge < -0.3 is 10.1 Å². The van der Waals surface area contributed by atoms with E-state index in [1.165, 1.54) is 18.4 Å². The molecule has 2 aliphatic heterocycles. The van der Waals surface area contributed by atoms with Crippen LogP contribution in [0.15, 0.2) is 12.4 Å². The summed E-state index contributed by atoms with van der Waals surface area (Å²) in [6.07, 6.45) is 7.72. The van der Waals surface area contributed by atoms with Crippen LogP contribution < -0.4 is 5.32 Å². The van der Waals surface area contributed by atoms with Crippen molar-refractivity contribution in [2.24, 2.45) is 24.8 Å². The molecule has 0 bridgehead atoms. The molecule has 0 spiro atoms. The maximum atomic E-state index is 12.7. The number of hydrogen-bond donors (Lipinski definition) is 1. The van der Waals surface area contributed by atoms with Crippen LogP contribution in [0.25, 0.3) is 0 Å². The molecule has 1 aromatic heterocycles. The van der Waals surface area contributed by atoms with E-state index in [0.717, 1.165) is 45.1 Å². The number of aryl methyl sites for hydroxylation is 1. The van der Waals surface area contributed by atoms with Gasteiger partial charge in [-0.25, -0.2) is 0 Å². The summed E-state index contributed by atoms with van der Waals surface area (Å²) in [5.41, 5.74) is 1.20. The van der Waals surface area contributed by atoms with Gasteiger partial charge in [0.15, 0.2) is 0 Å². The highest BCUT2D eigenvalue weighted by atomic mass is 16.5. The number of nitrogens with one attached hydrogen (secondary N) is 1. The van der Waals surface area contributed by atoms with Gasteiger partial charge in [0.25, 0.3) is 0 Å². The molecule has 1 N–H and O–H groups in total. The number of rotatable bonds is 5. The molecule has 1 aliphatic carbocycles. The highest BCUT2D eigenvalue weighted by Gasteiger charge is 2.44. The number of hydrogen-bond acceptors (Lipinski definition) is 4. The second-order valence-corrected chi connectivity index (χ2v) is 7.37. The number of nitrogens with zero attached hydrogens (tertiary/aromatic N) is 3. The lowest BCUT2D eigenvalue weighted by Crippen LogP contribution is -2.52. The van der Waals surface area contributed by atoms with Gasteiger partial charge in [0.2, 0.25) is 5.91 Å². The Bertz CT molecular complexity index is 569. The summed E-state index contributed by atoms with van der Waals surface area (Å²) >= 11 is 0. The summed E-state index contributed by atoms with van der Waals surface area (Å²) in [7, 11) is 1.93. The van der Waals surface area contributed by atoms with Crippen LogP contribution in [0.2, 0.25) is 0 Å². The Morgan fingerprint density at radius 2 is 2.26 bits per heavy atom. The highest BCUT2D eigenvalue weighted by molar-refractivity contribution is 5.79. The van der Waals surface area contributed by atoms with Crippen LogP contribution in [0.3, 0.4) is 0 Å². The molecule has 1 aromatic rings. The van der Waals surface area contributed by atoms with E-state index < -0.39 is 0 Å². The van der Waals surface area contributed by atoms with Crippen molar-refractivity contribution < 1.29 is 9.53 Å². The lowest BCUT2D eigenvalue weighted by Gasteiger charge is -2.39. The minimum Gasteiger partial charge on any atom is -0.377 e. The molecule has 2 saturated heterocycles. The molecular formula is C17H26N4O2. The average molecular weight is 318 g/mol. The Labute approximate surface area is 137 Å². The van der Waals surface area contributed by atoms with Crippen molar-refractivity contribution in [3.8, 4) is 0 Å². The van der Waals surface area contributed by atoms with E-state index in [0.29, 0.717) is 5.92 Å². The summed E-state index contributed by atoms with van der Waals surface area (Å²) in [5, 5.41) is 7.42. The van der Waals surface area contributed by atoms with Gasteiger partial charge in [-0.2, -0.15) is 5.10 Å². The molecule has 3 aliphatic rings. The van der Waals surface area contributed by atoms with E-state index in [1.807, 2.05) is 24.1 Å². The van der Waals surface area contributed by atoms with Crippen molar-refractivity contribution in [2.75, 3.05) is 26.2 Å². The molecular weight excluding hydrogens is 292 g/mol. The maximum Gasteiger partial charge on any atom is 0.224 e. The maximum absolute atomic E-state index is 12.7. The van der Waals surface area contributed by atoms with Crippen molar-refractivity contribution in [3.63, 3.8) is 0 Å². The molecule has 3 heterocycles. The Morgan fingerprint density at radius 1 is 1.39 bits per heavy atom. The summed E-state index contributed by atoms with van der Waals surface area (Å²) in [4.78, 5) is 15.0. The molecule has 23 heavy (non-hydrogen) atoms. The van der Waals surface area contributed by atoms with Gasteiger partial charge in [0.1, 0.15) is 0 Å². The van der Waals surface area contributed by atoms with Crippen LogP contribution in [0.1, 0.15) is 24.8 Å². The minimum atomic E-state index is 0.0617. The molecule has 6 nitrogen and oxygen atoms in total. The fraction of sp³-hybridized carbons (Fsp3) is 0.765. The number of fused-ring (bicyclic) bond motifs is 1. The molecule has 126 valence electrons. The second-order valence-electron chi connectivity index (χ2n) is 7.37. The monoisotopic (exact) mass is 318 g/mol. The molecule has 0 unspecified atom stereocenters. The van der Waals surface area contributed by atoms with E-state index in [4.69, 9.17) is 4.74 Å². The lowest BCUT2D eigenvalue weighted by molar-refractivity contribution is -0.131. The van der Waals surface area contributed by atoms with Crippen molar-refractivity contribution in [1.82, 2.24) is 20.0 Å². The number of aromatic nitrogens is 2. The van der Waals surface area contributed by atoms with Gasteiger partial charge in [-0.3, -0.25) is 14.4 Å². The van der Waals surface area contributed by atoms with E-state index in [-0.39, 0.29) is 17.9 Å². The van der Waals surface area contributed by atoms with Gasteiger partial charge >= 0.3 is 0 Å². The molecule has 6 heteroatoms. The summed E-state index contributed by atoms with van der Waals surface area (Å²) in [6.45, 7) is 4.24. The van der Waals surface area contributed by atoms with E-state index in [1.54, 1.807) is 0 Å². The molecule has 1 amide bonds. The topological polar surface area (TPSA) is 59.4 Å². The number of carbonyl (C=O) groups is 1. The lowest BCUT2D eigenvalue weighted by atomic mass is 9.82. The summed E-state index contributed by atoms with van der Waals surface area (Å²) in [6, 6.07) is 0. The van der Waals surface area contributed by atoms with Crippen LogP contribution in [-0.4, -0.2) is 52.9 Å². The van der Waals surface area contributed by atoms with Gasteiger partial charge in [0.05, 0.1) is 18.2 Å². The van der Waals surface area contributed by atoms with Crippen LogP contribution in [0.5, 0.6) is 0 Å². The van der Waals surface area contributed by atoms with Crippen LogP contribution in [0.4, 0.5) is 0 Å². The number of likely N-dealkylation sites (tertiary alicyclic amines) is 1. The predicted octanol–water partition coefficient (Wildman–Crippen LogP) is 0.783. The zero-order chi connectivity index (χ0) is 15.8. The summed E-state index contributed by atoms with van der Waals surface area (Å²) < 4.78 is 7.73. The van der Waals surface area contributed by atoms with Gasteiger partial charge in [0, 0.05) is 57.5 Å². The third-order valence-electron chi connectivity index (χ3n) is 5.43. The minimum absolute atomic E-state index is 0.0617. The van der Waals surface area contributed by atoms with E-state index in [2.05, 4.69) is 15.3 Å². The first-order valence-electron chi connectivity index (χ1n) is 8.78. The number of piperidine rings is 1. The van der Waals surface area contributed by atoms with Gasteiger partial charge in [-0.15, -0.1) is 0 Å². The third kappa shape index (κ3) is 3.43. The number of carbonyl (C=O) groups excluding carboxylic acids is 1. The van der Waals surface area contributed by atoms with Gasteiger partial charge in [-0.1, -0.05) is 0 Å². The molecule has 0 aromatic carbocycles. The Hall–Kier alpha value is -1.40. The molecule has 3 atom stereocenters. The number of amides is 1. The van der Waals surface area contributed by atoms with Crippen LogP contribution >= 0.6 is 0 Å². The molecule has 1 saturated carbocycles. The third-order valence-corrected chi connectivity index (χ3v) is 5.43. The Balaban J connectivity index is 1.41. The highest BCUT2D eigenvalue weighted by Crippen LogP contribution is 2.35. The van der Waals surface area contributed by atoms with Gasteiger partial charge in [-0.05, 0) is 25.2 Å². The SMILES string of the molecule is Cn1cc(CN2C[C@@H]3OCC[C@@H]3[C@H](C(=O)NCC3CC3)C2)cn1. The first kappa shape index (κ1) is 15.1. The quantitative estimate of drug-likeness (QED) is 0.872. The molecule has 3 fully saturated rings. The van der Waals surface area contributed by atoms with Crippen LogP contribution in [0, 0.1) is 17.8 Å². The smallest absolute Gasteiger partial charge is 0.224 e. The largest absolute Gasteiger partial charge is 0.377 e. The standard InChI is InChI=1S/C17H26N4O2/c1-20-8-13(7-19-20)9-21-10-15(14-4-5-23-16(14)11-21)17(22)18-6-12-2-3-12/h7-8,12,14-16H,2-6,9-11H2,1H3,(H,18,22)/t14-,15-,16+/m1/s1. The second kappa shape index (κ2) is 6.24. The first-order valence-corrected chi connectivity index (χ1v) is 8.78. The van der Waals surface area contributed by atoms with Crippen molar-refractivity contribution in [3.05, 3.63) is 18.0 Å². The fourth-order valence-corrected chi connectivity index (χ4v) is 3.97. The first-order chi connectivity index (χ1) is 11.2. The molecule has 0 radical (unpaired) electrons.